The predicted molar refractivity (Wildman–Crippen MR) is 56.5 cm³/mol. The molecule has 15 heavy (non-hydrogen) atoms. The molecule has 78 valence electrons. The van der Waals surface area contributed by atoms with Crippen LogP contribution in [0.4, 0.5) is 0 Å². The number of benzene rings is 1. The van der Waals surface area contributed by atoms with E-state index in [9.17, 15) is 4.79 Å². The van der Waals surface area contributed by atoms with Crippen LogP contribution in [-0.2, 0) is 11.3 Å². The number of hydrogen-bond donors (Lipinski definition) is 1. The third-order valence-corrected chi connectivity index (χ3v) is 2.12. The van der Waals surface area contributed by atoms with Gasteiger partial charge in [-0.25, -0.2) is 4.98 Å². The number of aromatic nitrogens is 1. The van der Waals surface area contributed by atoms with E-state index in [1.54, 1.807) is 0 Å². The van der Waals surface area contributed by atoms with Crippen molar-refractivity contribution in [1.82, 2.24) is 10.3 Å². The van der Waals surface area contributed by atoms with Crippen molar-refractivity contribution in [3.8, 4) is 0 Å². The highest BCUT2D eigenvalue weighted by Gasteiger charge is 2.02. The molecule has 0 radical (unpaired) electrons. The van der Waals surface area contributed by atoms with Crippen LogP contribution in [0, 0.1) is 6.92 Å². The maximum absolute atomic E-state index is 10.1. The third kappa shape index (κ3) is 2.22. The van der Waals surface area contributed by atoms with Gasteiger partial charge in [0.1, 0.15) is 11.8 Å². The van der Waals surface area contributed by atoms with Crippen LogP contribution in [0.5, 0.6) is 0 Å². The number of oxazole rings is 1. The molecule has 4 nitrogen and oxygen atoms in total. The average Bonchev–Trinajstić information content (AvgIpc) is 2.57. The number of nitrogens with one attached hydrogen (secondary N) is 1. The highest BCUT2D eigenvalue weighted by Crippen LogP contribution is 2.16. The normalized spacial score (nSPS) is 10.7. The van der Waals surface area contributed by atoms with Gasteiger partial charge in [0.25, 0.3) is 0 Å². The van der Waals surface area contributed by atoms with E-state index in [2.05, 4.69) is 10.3 Å². The molecule has 1 heterocycles. The Morgan fingerprint density at radius 2 is 2.40 bits per heavy atom. The van der Waals surface area contributed by atoms with Crippen molar-refractivity contribution in [3.63, 3.8) is 0 Å². The van der Waals surface area contributed by atoms with Crippen LogP contribution in [-0.4, -0.2) is 17.8 Å². The van der Waals surface area contributed by atoms with Crippen LogP contribution in [0.3, 0.4) is 0 Å². The fraction of sp³-hybridized carbons (Fsp3) is 0.273. The van der Waals surface area contributed by atoms with Crippen LogP contribution in [0.15, 0.2) is 22.6 Å². The van der Waals surface area contributed by atoms with E-state index in [1.807, 2.05) is 25.1 Å². The summed E-state index contributed by atoms with van der Waals surface area (Å²) in [5.41, 5.74) is 2.74. The van der Waals surface area contributed by atoms with Gasteiger partial charge in [0.2, 0.25) is 0 Å². The second kappa shape index (κ2) is 4.23. The van der Waals surface area contributed by atoms with Crippen LogP contribution in [0.25, 0.3) is 11.1 Å². The summed E-state index contributed by atoms with van der Waals surface area (Å²) in [5.74, 6) is 0.669. The van der Waals surface area contributed by atoms with Gasteiger partial charge in [0.05, 0.1) is 6.54 Å². The lowest BCUT2D eigenvalue weighted by Gasteiger charge is -1.99. The minimum absolute atomic E-state index is 0.369. The minimum Gasteiger partial charge on any atom is -0.441 e. The molecule has 2 aromatic rings. The second-order valence-electron chi connectivity index (χ2n) is 3.33. The highest BCUT2D eigenvalue weighted by atomic mass is 16.3. The van der Waals surface area contributed by atoms with Gasteiger partial charge in [-0.1, -0.05) is 6.07 Å². The molecule has 1 N–H and O–H groups in total. The van der Waals surface area contributed by atoms with Gasteiger partial charge < -0.3 is 14.5 Å². The Hall–Kier alpha value is -1.68. The Bertz CT molecular complexity index is 476. The number of aryl methyl sites for hydroxylation is 1. The molecule has 0 aliphatic heterocycles. The Labute approximate surface area is 87.3 Å². The van der Waals surface area contributed by atoms with Crippen LogP contribution >= 0.6 is 0 Å². The first-order valence-corrected chi connectivity index (χ1v) is 4.80. The predicted octanol–water partition coefficient (Wildman–Crippen LogP) is 1.42. The number of aldehydes is 1. The Kier molecular flexibility index (Phi) is 2.78. The van der Waals surface area contributed by atoms with Crippen molar-refractivity contribution in [3.05, 3.63) is 29.7 Å². The lowest BCUT2D eigenvalue weighted by Crippen LogP contribution is -2.15. The summed E-state index contributed by atoms with van der Waals surface area (Å²) < 4.78 is 5.41. The zero-order valence-electron chi connectivity index (χ0n) is 8.49. The Balaban J connectivity index is 2.18. The molecule has 0 amide bonds. The molecule has 4 heteroatoms. The van der Waals surface area contributed by atoms with E-state index in [0.717, 1.165) is 22.9 Å². The molecule has 2 rings (SSSR count). The van der Waals surface area contributed by atoms with Gasteiger partial charge in [-0.3, -0.25) is 0 Å². The zero-order chi connectivity index (χ0) is 10.7. The topological polar surface area (TPSA) is 55.1 Å². The van der Waals surface area contributed by atoms with Gasteiger partial charge in [0.15, 0.2) is 11.5 Å². The highest BCUT2D eigenvalue weighted by molar-refractivity contribution is 5.73. The SMILES string of the molecule is Cc1nc2ccc(CNCC=O)cc2o1. The zero-order valence-corrected chi connectivity index (χ0v) is 8.49. The Morgan fingerprint density at radius 3 is 3.20 bits per heavy atom. The molecular weight excluding hydrogens is 192 g/mol. The van der Waals surface area contributed by atoms with E-state index >= 15 is 0 Å². The Morgan fingerprint density at radius 1 is 1.53 bits per heavy atom. The second-order valence-corrected chi connectivity index (χ2v) is 3.33. The maximum atomic E-state index is 10.1. The average molecular weight is 204 g/mol. The number of hydrogen-bond acceptors (Lipinski definition) is 4. The molecule has 0 spiro atoms. The van der Waals surface area contributed by atoms with E-state index < -0.39 is 0 Å². The lowest BCUT2D eigenvalue weighted by atomic mass is 10.2. The van der Waals surface area contributed by atoms with Gasteiger partial charge in [-0.05, 0) is 17.7 Å². The monoisotopic (exact) mass is 204 g/mol. The summed E-state index contributed by atoms with van der Waals surface area (Å²) in [7, 11) is 0. The minimum atomic E-state index is 0.369. The molecule has 0 bridgehead atoms. The van der Waals surface area contributed by atoms with E-state index in [0.29, 0.717) is 19.0 Å². The van der Waals surface area contributed by atoms with E-state index in [4.69, 9.17) is 4.42 Å². The molecule has 0 saturated heterocycles. The summed E-state index contributed by atoms with van der Waals surface area (Å²) in [6.07, 6.45) is 0.844. The van der Waals surface area contributed by atoms with Crippen LogP contribution in [0.2, 0.25) is 0 Å². The first-order chi connectivity index (χ1) is 7.29. The summed E-state index contributed by atoms with van der Waals surface area (Å²) in [6.45, 7) is 2.85. The maximum Gasteiger partial charge on any atom is 0.192 e. The van der Waals surface area contributed by atoms with Crippen molar-refractivity contribution in [2.24, 2.45) is 0 Å². The van der Waals surface area contributed by atoms with E-state index in [-0.39, 0.29) is 0 Å². The lowest BCUT2D eigenvalue weighted by molar-refractivity contribution is -0.107. The first-order valence-electron chi connectivity index (χ1n) is 4.80. The molecule has 0 unspecified atom stereocenters. The van der Waals surface area contributed by atoms with Gasteiger partial charge in [0, 0.05) is 13.5 Å². The number of carbonyl (C=O) groups is 1. The number of carbonyl (C=O) groups excluding carboxylic acids is 1. The fourth-order valence-corrected chi connectivity index (χ4v) is 1.47. The molecule has 0 atom stereocenters. The molecule has 1 aromatic carbocycles. The molecule has 0 aliphatic rings. The fourth-order valence-electron chi connectivity index (χ4n) is 1.47. The quantitative estimate of drug-likeness (QED) is 0.604. The molecule has 1 aromatic heterocycles. The summed E-state index contributed by atoms with van der Waals surface area (Å²) in [6, 6.07) is 5.83. The molecule has 0 aliphatic carbocycles. The molecular formula is C11H12N2O2. The van der Waals surface area contributed by atoms with Crippen molar-refractivity contribution in [2.75, 3.05) is 6.54 Å². The smallest absolute Gasteiger partial charge is 0.192 e. The summed E-state index contributed by atoms with van der Waals surface area (Å²) in [5, 5.41) is 2.99. The van der Waals surface area contributed by atoms with Gasteiger partial charge >= 0.3 is 0 Å². The van der Waals surface area contributed by atoms with Crippen molar-refractivity contribution in [2.45, 2.75) is 13.5 Å². The summed E-state index contributed by atoms with van der Waals surface area (Å²) in [4.78, 5) is 14.3. The number of rotatable bonds is 4. The van der Waals surface area contributed by atoms with Crippen molar-refractivity contribution in [1.29, 1.82) is 0 Å². The summed E-state index contributed by atoms with van der Waals surface area (Å²) >= 11 is 0. The van der Waals surface area contributed by atoms with Crippen LogP contribution < -0.4 is 5.32 Å². The molecule has 0 fully saturated rings. The van der Waals surface area contributed by atoms with E-state index in [1.165, 1.54) is 0 Å². The van der Waals surface area contributed by atoms with Gasteiger partial charge in [-0.15, -0.1) is 0 Å². The first kappa shape index (κ1) is 9.86. The number of nitrogens with zero attached hydrogens (tertiary/aromatic N) is 1. The largest absolute Gasteiger partial charge is 0.441 e. The van der Waals surface area contributed by atoms with Gasteiger partial charge in [-0.2, -0.15) is 0 Å². The standard InChI is InChI=1S/C11H12N2O2/c1-8-13-10-3-2-9(6-11(10)15-8)7-12-4-5-14/h2-3,5-6,12H,4,7H2,1H3. The number of fused-ring (bicyclic) bond motifs is 1. The third-order valence-electron chi connectivity index (χ3n) is 2.12. The van der Waals surface area contributed by atoms with Crippen LogP contribution in [0.1, 0.15) is 11.5 Å². The van der Waals surface area contributed by atoms with Crippen molar-refractivity contribution >= 4 is 17.4 Å². The van der Waals surface area contributed by atoms with Crippen molar-refractivity contribution < 1.29 is 9.21 Å². The molecule has 0 saturated carbocycles.